The van der Waals surface area contributed by atoms with Crippen LogP contribution in [0.15, 0.2) is 60.7 Å². The molecule has 2 aromatic rings. The van der Waals surface area contributed by atoms with Gasteiger partial charge >= 0.3 is 12.1 Å². The van der Waals surface area contributed by atoms with E-state index in [-0.39, 0.29) is 13.2 Å². The Morgan fingerprint density at radius 3 is 2.17 bits per heavy atom. The maximum absolute atomic E-state index is 12.4. The maximum Gasteiger partial charge on any atom is 0.408 e. The van der Waals surface area contributed by atoms with E-state index in [2.05, 4.69) is 10.6 Å². The van der Waals surface area contributed by atoms with Gasteiger partial charge in [-0.3, -0.25) is 4.79 Å². The molecule has 0 aromatic heterocycles. The first-order chi connectivity index (χ1) is 14.5. The molecule has 2 N–H and O–H groups in total. The monoisotopic (exact) mass is 412 g/mol. The lowest BCUT2D eigenvalue weighted by molar-refractivity contribution is -0.147. The smallest absolute Gasteiger partial charge is 0.408 e. The molecule has 0 spiro atoms. The SMILES string of the molecule is CCOC(=O)[C@H](CC(=O)N[C@H](C=O)c1ccccc1)NC(=O)OCc1ccccc1. The lowest BCUT2D eigenvalue weighted by Gasteiger charge is -2.19. The highest BCUT2D eigenvalue weighted by Crippen LogP contribution is 2.10. The van der Waals surface area contributed by atoms with Gasteiger partial charge in [0, 0.05) is 0 Å². The van der Waals surface area contributed by atoms with E-state index in [1.165, 1.54) is 0 Å². The van der Waals surface area contributed by atoms with E-state index < -0.39 is 36.5 Å². The molecule has 30 heavy (non-hydrogen) atoms. The van der Waals surface area contributed by atoms with Crippen molar-refractivity contribution in [1.82, 2.24) is 10.6 Å². The standard InChI is InChI=1S/C22H24N2O6/c1-2-29-21(27)18(24-22(28)30-15-16-9-5-3-6-10-16)13-20(26)23-19(14-25)17-11-7-4-8-12-17/h3-12,14,18-19H,2,13,15H2,1H3,(H,23,26)(H,24,28)/t18-,19+/m0/s1. The number of esters is 1. The number of aldehydes is 1. The van der Waals surface area contributed by atoms with E-state index in [1.54, 1.807) is 61.5 Å². The van der Waals surface area contributed by atoms with Gasteiger partial charge in [0.25, 0.3) is 0 Å². The summed E-state index contributed by atoms with van der Waals surface area (Å²) in [5, 5.41) is 4.88. The van der Waals surface area contributed by atoms with Gasteiger partial charge in [-0.25, -0.2) is 9.59 Å². The van der Waals surface area contributed by atoms with E-state index in [4.69, 9.17) is 9.47 Å². The average Bonchev–Trinajstić information content (AvgIpc) is 2.77. The van der Waals surface area contributed by atoms with E-state index in [0.717, 1.165) is 5.56 Å². The summed E-state index contributed by atoms with van der Waals surface area (Å²) in [6, 6.07) is 15.5. The predicted octanol–water partition coefficient (Wildman–Crippen LogP) is 2.29. The van der Waals surface area contributed by atoms with Crippen molar-refractivity contribution in [3.8, 4) is 0 Å². The minimum atomic E-state index is -1.25. The molecule has 0 saturated heterocycles. The second-order valence-corrected chi connectivity index (χ2v) is 6.31. The third-order valence-corrected chi connectivity index (χ3v) is 4.08. The zero-order chi connectivity index (χ0) is 21.8. The van der Waals surface area contributed by atoms with Crippen molar-refractivity contribution in [2.24, 2.45) is 0 Å². The third kappa shape index (κ3) is 7.38. The van der Waals surface area contributed by atoms with Crippen LogP contribution >= 0.6 is 0 Å². The van der Waals surface area contributed by atoms with Crippen molar-refractivity contribution >= 4 is 24.3 Å². The molecule has 2 rings (SSSR count). The molecule has 0 aliphatic carbocycles. The molecule has 2 atom stereocenters. The summed E-state index contributed by atoms with van der Waals surface area (Å²) < 4.78 is 10.0. The number of alkyl carbamates (subject to hydrolysis) is 1. The molecule has 0 heterocycles. The zero-order valence-corrected chi connectivity index (χ0v) is 16.6. The fraction of sp³-hybridized carbons (Fsp3) is 0.273. The molecular weight excluding hydrogens is 388 g/mol. The Kier molecular flexibility index (Phi) is 9.05. The van der Waals surface area contributed by atoms with Gasteiger partial charge in [-0.1, -0.05) is 60.7 Å². The van der Waals surface area contributed by atoms with Gasteiger partial charge < -0.3 is 24.9 Å². The number of rotatable bonds is 10. The molecule has 0 bridgehead atoms. The van der Waals surface area contributed by atoms with Crippen molar-refractivity contribution in [1.29, 1.82) is 0 Å². The molecular formula is C22H24N2O6. The second-order valence-electron chi connectivity index (χ2n) is 6.31. The molecule has 0 fully saturated rings. The second kappa shape index (κ2) is 12.0. The zero-order valence-electron chi connectivity index (χ0n) is 16.6. The highest BCUT2D eigenvalue weighted by Gasteiger charge is 2.27. The highest BCUT2D eigenvalue weighted by atomic mass is 16.6. The summed E-state index contributed by atoms with van der Waals surface area (Å²) in [6.07, 6.45) is -0.676. The Labute approximate surface area is 174 Å². The largest absolute Gasteiger partial charge is 0.464 e. The number of nitrogens with one attached hydrogen (secondary N) is 2. The van der Waals surface area contributed by atoms with Crippen molar-refractivity contribution in [3.63, 3.8) is 0 Å². The molecule has 0 unspecified atom stereocenters. The van der Waals surface area contributed by atoms with Gasteiger partial charge in [0.05, 0.1) is 13.0 Å². The van der Waals surface area contributed by atoms with Crippen molar-refractivity contribution in [3.05, 3.63) is 71.8 Å². The summed E-state index contributed by atoms with van der Waals surface area (Å²) >= 11 is 0. The van der Waals surface area contributed by atoms with Crippen molar-refractivity contribution in [2.75, 3.05) is 6.61 Å². The van der Waals surface area contributed by atoms with Crippen LogP contribution in [0.5, 0.6) is 0 Å². The quantitative estimate of drug-likeness (QED) is 0.458. The van der Waals surface area contributed by atoms with Gasteiger partial charge in [0.1, 0.15) is 25.0 Å². The first-order valence-electron chi connectivity index (χ1n) is 9.47. The van der Waals surface area contributed by atoms with Crippen LogP contribution in [0.1, 0.15) is 30.5 Å². The van der Waals surface area contributed by atoms with Crippen LogP contribution in [0.25, 0.3) is 0 Å². The Balaban J connectivity index is 1.96. The van der Waals surface area contributed by atoms with Gasteiger partial charge in [0.15, 0.2) is 0 Å². The first kappa shape index (κ1) is 22.6. The summed E-state index contributed by atoms with van der Waals surface area (Å²) in [6.45, 7) is 1.70. The van der Waals surface area contributed by atoms with E-state index in [9.17, 15) is 19.2 Å². The van der Waals surface area contributed by atoms with Crippen LogP contribution < -0.4 is 10.6 Å². The van der Waals surface area contributed by atoms with Crippen molar-refractivity contribution < 1.29 is 28.7 Å². The molecule has 158 valence electrons. The lowest BCUT2D eigenvalue weighted by atomic mass is 10.1. The molecule has 2 amide bonds. The Morgan fingerprint density at radius 2 is 1.57 bits per heavy atom. The fourth-order valence-corrected chi connectivity index (χ4v) is 2.62. The Morgan fingerprint density at radius 1 is 0.933 bits per heavy atom. The van der Waals surface area contributed by atoms with Gasteiger partial charge in [0.2, 0.25) is 5.91 Å². The molecule has 8 heteroatoms. The van der Waals surface area contributed by atoms with Gasteiger partial charge in [-0.05, 0) is 18.1 Å². The normalized spacial score (nSPS) is 12.2. The molecule has 2 aromatic carbocycles. The van der Waals surface area contributed by atoms with Crippen molar-refractivity contribution in [2.45, 2.75) is 32.0 Å². The lowest BCUT2D eigenvalue weighted by Crippen LogP contribution is -2.45. The number of hydrogen-bond acceptors (Lipinski definition) is 6. The highest BCUT2D eigenvalue weighted by molar-refractivity contribution is 5.89. The number of amides is 2. The number of benzene rings is 2. The topological polar surface area (TPSA) is 111 Å². The molecule has 8 nitrogen and oxygen atoms in total. The number of hydrogen-bond donors (Lipinski definition) is 2. The Hall–Kier alpha value is -3.68. The molecule has 0 aliphatic rings. The van der Waals surface area contributed by atoms with Crippen LogP contribution in [-0.4, -0.2) is 36.9 Å². The minimum absolute atomic E-state index is 0.00956. The molecule has 0 saturated carbocycles. The summed E-state index contributed by atoms with van der Waals surface area (Å²) in [5.74, 6) is -1.37. The Bertz CT molecular complexity index is 841. The van der Waals surface area contributed by atoms with E-state index >= 15 is 0 Å². The maximum atomic E-state index is 12.4. The summed E-state index contributed by atoms with van der Waals surface area (Å²) in [7, 11) is 0. The van der Waals surface area contributed by atoms with Crippen LogP contribution in [0.2, 0.25) is 0 Å². The first-order valence-corrected chi connectivity index (χ1v) is 9.47. The van der Waals surface area contributed by atoms with Gasteiger partial charge in [-0.2, -0.15) is 0 Å². The van der Waals surface area contributed by atoms with Crippen LogP contribution in [0, 0.1) is 0 Å². The van der Waals surface area contributed by atoms with E-state index in [0.29, 0.717) is 11.8 Å². The van der Waals surface area contributed by atoms with E-state index in [1.807, 2.05) is 6.07 Å². The predicted molar refractivity (Wildman–Crippen MR) is 108 cm³/mol. The minimum Gasteiger partial charge on any atom is -0.464 e. The average molecular weight is 412 g/mol. The van der Waals surface area contributed by atoms with Gasteiger partial charge in [-0.15, -0.1) is 0 Å². The molecule has 0 radical (unpaired) electrons. The van der Waals surface area contributed by atoms with Crippen LogP contribution in [0.4, 0.5) is 4.79 Å². The van der Waals surface area contributed by atoms with Crippen LogP contribution in [0.3, 0.4) is 0 Å². The summed E-state index contributed by atoms with van der Waals surface area (Å²) in [4.78, 5) is 48.0. The molecule has 0 aliphatic heterocycles. The third-order valence-electron chi connectivity index (χ3n) is 4.08. The van der Waals surface area contributed by atoms with Crippen LogP contribution in [-0.2, 0) is 30.5 Å². The number of carbonyl (C=O) groups is 4. The summed E-state index contributed by atoms with van der Waals surface area (Å²) in [5.41, 5.74) is 1.37. The number of ether oxygens (including phenoxy) is 2. The number of carbonyl (C=O) groups excluding carboxylic acids is 4. The fourth-order valence-electron chi connectivity index (χ4n) is 2.62.